The van der Waals surface area contributed by atoms with Crippen LogP contribution in [0.3, 0.4) is 0 Å². The molecule has 13 heavy (non-hydrogen) atoms. The lowest BCUT2D eigenvalue weighted by Gasteiger charge is -2.33. The van der Waals surface area contributed by atoms with Gasteiger partial charge in [0.2, 0.25) is 5.91 Å². The number of nitrogens with two attached hydrogens (primary N) is 1. The summed E-state index contributed by atoms with van der Waals surface area (Å²) in [4.78, 5) is 13.2. The van der Waals surface area contributed by atoms with Crippen molar-refractivity contribution in [2.24, 2.45) is 5.73 Å². The van der Waals surface area contributed by atoms with Crippen LogP contribution in [0.25, 0.3) is 0 Å². The highest BCUT2D eigenvalue weighted by molar-refractivity contribution is 5.81. The number of aliphatic hydroxyl groups is 1. The van der Waals surface area contributed by atoms with E-state index in [1.165, 1.54) is 0 Å². The number of amides is 1. The van der Waals surface area contributed by atoms with E-state index in [-0.39, 0.29) is 24.6 Å². The van der Waals surface area contributed by atoms with Crippen molar-refractivity contribution >= 4 is 5.91 Å². The maximum Gasteiger partial charge on any atom is 0.237 e. The van der Waals surface area contributed by atoms with Crippen LogP contribution in [0, 0.1) is 0 Å². The van der Waals surface area contributed by atoms with Gasteiger partial charge in [0.1, 0.15) is 0 Å². The van der Waals surface area contributed by atoms with Crippen LogP contribution in [0.15, 0.2) is 0 Å². The first-order valence-corrected chi connectivity index (χ1v) is 4.53. The molecule has 0 radical (unpaired) electrons. The summed E-state index contributed by atoms with van der Waals surface area (Å²) < 4.78 is 0. The van der Waals surface area contributed by atoms with Gasteiger partial charge in [0.25, 0.3) is 0 Å². The van der Waals surface area contributed by atoms with Gasteiger partial charge in [-0.1, -0.05) is 0 Å². The van der Waals surface area contributed by atoms with Gasteiger partial charge in [-0.05, 0) is 6.92 Å². The second-order valence-electron chi connectivity index (χ2n) is 3.40. The Kier molecular flexibility index (Phi) is 3.65. The van der Waals surface area contributed by atoms with E-state index in [2.05, 4.69) is 5.32 Å². The Morgan fingerprint density at radius 3 is 3.15 bits per heavy atom. The van der Waals surface area contributed by atoms with Crippen molar-refractivity contribution in [3.05, 3.63) is 0 Å². The van der Waals surface area contributed by atoms with Gasteiger partial charge >= 0.3 is 0 Å². The van der Waals surface area contributed by atoms with Crippen molar-refractivity contribution < 1.29 is 9.90 Å². The van der Waals surface area contributed by atoms with E-state index in [0.717, 1.165) is 6.54 Å². The summed E-state index contributed by atoms with van der Waals surface area (Å²) in [5, 5.41) is 11.5. The molecule has 0 aromatic rings. The van der Waals surface area contributed by atoms with Crippen LogP contribution >= 0.6 is 0 Å². The molecule has 1 saturated heterocycles. The van der Waals surface area contributed by atoms with Crippen molar-refractivity contribution in [1.82, 2.24) is 10.2 Å². The number of carbonyl (C=O) groups is 1. The zero-order valence-corrected chi connectivity index (χ0v) is 7.86. The van der Waals surface area contributed by atoms with Crippen LogP contribution in [0.1, 0.15) is 6.92 Å². The molecule has 1 heterocycles. The van der Waals surface area contributed by atoms with Crippen molar-refractivity contribution in [2.45, 2.75) is 19.0 Å². The van der Waals surface area contributed by atoms with Gasteiger partial charge in [-0.15, -0.1) is 0 Å². The second-order valence-corrected chi connectivity index (χ2v) is 3.40. The fourth-order valence-corrected chi connectivity index (χ4v) is 1.44. The van der Waals surface area contributed by atoms with Crippen molar-refractivity contribution in [3.8, 4) is 0 Å². The van der Waals surface area contributed by atoms with Crippen molar-refractivity contribution in [2.75, 3.05) is 26.2 Å². The zero-order valence-electron chi connectivity index (χ0n) is 7.86. The molecule has 5 heteroatoms. The van der Waals surface area contributed by atoms with E-state index in [4.69, 9.17) is 10.8 Å². The molecule has 0 saturated carbocycles. The first-order chi connectivity index (χ1) is 6.15. The number of carbonyl (C=O) groups excluding carboxylic acids is 1. The summed E-state index contributed by atoms with van der Waals surface area (Å²) in [6.45, 7) is 3.86. The minimum Gasteiger partial charge on any atom is -0.395 e. The molecule has 0 aliphatic carbocycles. The average Bonchev–Trinajstić information content (AvgIpc) is 2.13. The quantitative estimate of drug-likeness (QED) is 0.483. The SMILES string of the molecule is CC1C(=O)NCCN1CC(N)CO. The Bertz CT molecular complexity index is 186. The lowest BCUT2D eigenvalue weighted by Crippen LogP contribution is -2.56. The third-order valence-corrected chi connectivity index (χ3v) is 2.33. The minimum atomic E-state index is -0.256. The Morgan fingerprint density at radius 2 is 2.54 bits per heavy atom. The Hall–Kier alpha value is -0.650. The molecule has 1 rings (SSSR count). The molecular weight excluding hydrogens is 170 g/mol. The van der Waals surface area contributed by atoms with Gasteiger partial charge in [0.15, 0.2) is 0 Å². The molecule has 76 valence electrons. The molecule has 0 bridgehead atoms. The summed E-state index contributed by atoms with van der Waals surface area (Å²) >= 11 is 0. The molecular formula is C8H17N3O2. The standard InChI is InChI=1S/C8H17N3O2/c1-6-8(13)10-2-3-11(6)4-7(9)5-12/h6-7,12H,2-5,9H2,1H3,(H,10,13). The number of rotatable bonds is 3. The highest BCUT2D eigenvalue weighted by atomic mass is 16.3. The van der Waals surface area contributed by atoms with Gasteiger partial charge in [0, 0.05) is 25.7 Å². The fraction of sp³-hybridized carbons (Fsp3) is 0.875. The van der Waals surface area contributed by atoms with Crippen molar-refractivity contribution in [3.63, 3.8) is 0 Å². The van der Waals surface area contributed by atoms with E-state index in [0.29, 0.717) is 13.1 Å². The van der Waals surface area contributed by atoms with Crippen LogP contribution < -0.4 is 11.1 Å². The van der Waals surface area contributed by atoms with Gasteiger partial charge in [0.05, 0.1) is 12.6 Å². The highest BCUT2D eigenvalue weighted by Crippen LogP contribution is 2.03. The predicted octanol–water partition coefficient (Wildman–Crippen LogP) is -1.87. The number of piperazine rings is 1. The molecule has 1 fully saturated rings. The molecule has 1 aliphatic heterocycles. The highest BCUT2D eigenvalue weighted by Gasteiger charge is 2.25. The summed E-state index contributed by atoms with van der Waals surface area (Å²) in [7, 11) is 0. The number of hydrogen-bond donors (Lipinski definition) is 3. The van der Waals surface area contributed by atoms with Gasteiger partial charge in [-0.3, -0.25) is 9.69 Å². The normalized spacial score (nSPS) is 27.0. The Balaban J connectivity index is 2.43. The zero-order chi connectivity index (χ0) is 9.84. The van der Waals surface area contributed by atoms with Crippen LogP contribution in [0.4, 0.5) is 0 Å². The molecule has 4 N–H and O–H groups in total. The molecule has 2 atom stereocenters. The minimum absolute atomic E-state index is 0.0369. The summed E-state index contributed by atoms with van der Waals surface area (Å²) in [6.07, 6.45) is 0. The van der Waals surface area contributed by atoms with E-state index in [9.17, 15) is 4.79 Å². The molecule has 1 amide bonds. The van der Waals surface area contributed by atoms with E-state index < -0.39 is 0 Å². The summed E-state index contributed by atoms with van der Waals surface area (Å²) in [6, 6.07) is -0.389. The third kappa shape index (κ3) is 2.65. The first kappa shape index (κ1) is 10.4. The Labute approximate surface area is 77.9 Å². The molecule has 2 unspecified atom stereocenters. The van der Waals surface area contributed by atoms with E-state index in [1.54, 1.807) is 0 Å². The molecule has 0 aromatic carbocycles. The smallest absolute Gasteiger partial charge is 0.237 e. The van der Waals surface area contributed by atoms with Gasteiger partial charge in [-0.2, -0.15) is 0 Å². The predicted molar refractivity (Wildman–Crippen MR) is 49.1 cm³/mol. The monoisotopic (exact) mass is 187 g/mol. The van der Waals surface area contributed by atoms with E-state index in [1.807, 2.05) is 11.8 Å². The van der Waals surface area contributed by atoms with Crippen LogP contribution in [-0.4, -0.2) is 54.2 Å². The van der Waals surface area contributed by atoms with Crippen LogP contribution in [-0.2, 0) is 4.79 Å². The summed E-state index contributed by atoms with van der Waals surface area (Å²) in [5.74, 6) is 0.0383. The number of hydrogen-bond acceptors (Lipinski definition) is 4. The first-order valence-electron chi connectivity index (χ1n) is 4.53. The van der Waals surface area contributed by atoms with Gasteiger partial charge in [-0.25, -0.2) is 0 Å². The largest absolute Gasteiger partial charge is 0.395 e. The van der Waals surface area contributed by atoms with E-state index >= 15 is 0 Å². The second kappa shape index (κ2) is 4.55. The lowest BCUT2D eigenvalue weighted by atomic mass is 10.2. The molecule has 0 aromatic heterocycles. The number of aliphatic hydroxyl groups excluding tert-OH is 1. The molecule has 0 spiro atoms. The van der Waals surface area contributed by atoms with Crippen LogP contribution in [0.2, 0.25) is 0 Å². The number of nitrogens with one attached hydrogen (secondary N) is 1. The maximum absolute atomic E-state index is 11.2. The maximum atomic E-state index is 11.2. The average molecular weight is 187 g/mol. The van der Waals surface area contributed by atoms with Gasteiger partial charge < -0.3 is 16.2 Å². The lowest BCUT2D eigenvalue weighted by molar-refractivity contribution is -0.128. The Morgan fingerprint density at radius 1 is 1.85 bits per heavy atom. The topological polar surface area (TPSA) is 78.6 Å². The number of nitrogens with zero attached hydrogens (tertiary/aromatic N) is 1. The molecule has 5 nitrogen and oxygen atoms in total. The fourth-order valence-electron chi connectivity index (χ4n) is 1.44. The third-order valence-electron chi connectivity index (χ3n) is 2.33. The summed E-state index contributed by atoms with van der Waals surface area (Å²) in [5.41, 5.74) is 5.59. The van der Waals surface area contributed by atoms with Crippen molar-refractivity contribution in [1.29, 1.82) is 0 Å². The molecule has 1 aliphatic rings. The van der Waals surface area contributed by atoms with Crippen LogP contribution in [0.5, 0.6) is 0 Å².